The topological polar surface area (TPSA) is 48.1 Å². The average Bonchev–Trinajstić information content (AvgIpc) is 2.40. The van der Waals surface area contributed by atoms with E-state index in [0.29, 0.717) is 6.54 Å². The van der Waals surface area contributed by atoms with Crippen LogP contribution in [0.25, 0.3) is 0 Å². The average molecular weight is 242 g/mol. The summed E-state index contributed by atoms with van der Waals surface area (Å²) in [5.74, 6) is 0.860. The first kappa shape index (κ1) is 12.6. The molecule has 1 unspecified atom stereocenters. The Balaban J connectivity index is 2.07. The van der Waals surface area contributed by atoms with Gasteiger partial charge in [-0.15, -0.1) is 0 Å². The molecule has 18 heavy (non-hydrogen) atoms. The molecule has 0 saturated heterocycles. The summed E-state index contributed by atoms with van der Waals surface area (Å²) in [6.07, 6.45) is 2.59. The summed E-state index contributed by atoms with van der Waals surface area (Å²) >= 11 is 0. The van der Waals surface area contributed by atoms with Crippen LogP contribution in [-0.4, -0.2) is 11.5 Å². The molecule has 0 spiro atoms. The van der Waals surface area contributed by atoms with Crippen molar-refractivity contribution in [3.8, 4) is 5.75 Å². The maximum absolute atomic E-state index is 5.88. The highest BCUT2D eigenvalue weighted by atomic mass is 16.5. The van der Waals surface area contributed by atoms with Crippen molar-refractivity contribution in [3.05, 3.63) is 59.9 Å². The third-order valence-electron chi connectivity index (χ3n) is 2.75. The van der Waals surface area contributed by atoms with E-state index < -0.39 is 0 Å². The normalized spacial score (nSPS) is 12.1. The predicted octanol–water partition coefficient (Wildman–Crippen LogP) is 2.72. The summed E-state index contributed by atoms with van der Waals surface area (Å²) in [4.78, 5) is 4.29. The van der Waals surface area contributed by atoms with Gasteiger partial charge in [0.15, 0.2) is 0 Å². The highest BCUT2D eigenvalue weighted by Gasteiger charge is 2.08. The molecule has 0 amide bonds. The van der Waals surface area contributed by atoms with E-state index in [4.69, 9.17) is 10.5 Å². The summed E-state index contributed by atoms with van der Waals surface area (Å²) < 4.78 is 5.88. The van der Waals surface area contributed by atoms with E-state index in [1.165, 1.54) is 5.56 Å². The Labute approximate surface area is 108 Å². The predicted molar refractivity (Wildman–Crippen MR) is 72.5 cm³/mol. The molecule has 0 radical (unpaired) electrons. The first-order valence-corrected chi connectivity index (χ1v) is 6.16. The summed E-state index contributed by atoms with van der Waals surface area (Å²) in [7, 11) is 0. The lowest BCUT2D eigenvalue weighted by Gasteiger charge is -2.14. The van der Waals surface area contributed by atoms with Crippen LogP contribution >= 0.6 is 0 Å². The van der Waals surface area contributed by atoms with Crippen molar-refractivity contribution in [1.29, 1.82) is 0 Å². The minimum atomic E-state index is -0.0562. The fourth-order valence-electron chi connectivity index (χ4n) is 1.82. The molecule has 94 valence electrons. The highest BCUT2D eigenvalue weighted by Crippen LogP contribution is 2.21. The van der Waals surface area contributed by atoms with E-state index in [1.807, 2.05) is 43.3 Å². The standard InChI is InChI=1S/C15H18N2O/c1-12(15-7-2-3-10-17-15)18-14-6-4-5-13(11-14)8-9-16/h2-7,10-12H,8-9,16H2,1H3. The lowest BCUT2D eigenvalue weighted by Crippen LogP contribution is -2.06. The number of nitrogens with two attached hydrogens (primary N) is 1. The van der Waals surface area contributed by atoms with Crippen LogP contribution < -0.4 is 10.5 Å². The largest absolute Gasteiger partial charge is 0.484 e. The van der Waals surface area contributed by atoms with Crippen LogP contribution in [0.2, 0.25) is 0 Å². The molecule has 1 aromatic carbocycles. The summed E-state index contributed by atoms with van der Waals surface area (Å²) in [5.41, 5.74) is 7.68. The van der Waals surface area contributed by atoms with E-state index in [-0.39, 0.29) is 6.10 Å². The second kappa shape index (κ2) is 6.17. The molecule has 1 heterocycles. The van der Waals surface area contributed by atoms with Gasteiger partial charge >= 0.3 is 0 Å². The molecule has 3 nitrogen and oxygen atoms in total. The van der Waals surface area contributed by atoms with Crippen LogP contribution in [-0.2, 0) is 6.42 Å². The van der Waals surface area contributed by atoms with E-state index in [0.717, 1.165) is 17.9 Å². The van der Waals surface area contributed by atoms with Crippen molar-refractivity contribution in [2.24, 2.45) is 5.73 Å². The quantitative estimate of drug-likeness (QED) is 0.877. The monoisotopic (exact) mass is 242 g/mol. The fourth-order valence-corrected chi connectivity index (χ4v) is 1.82. The third-order valence-corrected chi connectivity index (χ3v) is 2.75. The Morgan fingerprint density at radius 1 is 1.22 bits per heavy atom. The Morgan fingerprint density at radius 2 is 2.11 bits per heavy atom. The second-order valence-corrected chi connectivity index (χ2v) is 4.20. The molecule has 0 aliphatic carbocycles. The Kier molecular flexibility index (Phi) is 4.31. The molecule has 1 aromatic heterocycles. The SMILES string of the molecule is CC(Oc1cccc(CCN)c1)c1ccccn1. The van der Waals surface area contributed by atoms with Gasteiger partial charge in [-0.05, 0) is 49.7 Å². The van der Waals surface area contributed by atoms with Gasteiger partial charge in [0, 0.05) is 6.20 Å². The van der Waals surface area contributed by atoms with Gasteiger partial charge in [-0.2, -0.15) is 0 Å². The number of hydrogen-bond acceptors (Lipinski definition) is 3. The van der Waals surface area contributed by atoms with Crippen LogP contribution in [0, 0.1) is 0 Å². The minimum Gasteiger partial charge on any atom is -0.484 e. The number of rotatable bonds is 5. The first-order chi connectivity index (χ1) is 8.79. The van der Waals surface area contributed by atoms with Crippen molar-refractivity contribution in [2.45, 2.75) is 19.4 Å². The number of benzene rings is 1. The summed E-state index contributed by atoms with van der Waals surface area (Å²) in [5, 5.41) is 0. The number of pyridine rings is 1. The molecule has 0 aliphatic heterocycles. The van der Waals surface area contributed by atoms with E-state index in [9.17, 15) is 0 Å². The lowest BCUT2D eigenvalue weighted by atomic mass is 10.1. The van der Waals surface area contributed by atoms with Gasteiger partial charge in [-0.1, -0.05) is 18.2 Å². The van der Waals surface area contributed by atoms with Crippen molar-refractivity contribution >= 4 is 0 Å². The van der Waals surface area contributed by atoms with Crippen LogP contribution in [0.1, 0.15) is 24.3 Å². The van der Waals surface area contributed by atoms with Gasteiger partial charge in [-0.25, -0.2) is 0 Å². The highest BCUT2D eigenvalue weighted by molar-refractivity contribution is 5.29. The summed E-state index contributed by atoms with van der Waals surface area (Å²) in [6.45, 7) is 2.65. The van der Waals surface area contributed by atoms with Gasteiger partial charge in [0.2, 0.25) is 0 Å². The maximum atomic E-state index is 5.88. The number of aromatic nitrogens is 1. The lowest BCUT2D eigenvalue weighted by molar-refractivity contribution is 0.222. The van der Waals surface area contributed by atoms with Crippen LogP contribution in [0.15, 0.2) is 48.7 Å². The van der Waals surface area contributed by atoms with Crippen LogP contribution in [0.5, 0.6) is 5.75 Å². The Hall–Kier alpha value is -1.87. The smallest absolute Gasteiger partial charge is 0.138 e. The van der Waals surface area contributed by atoms with Gasteiger partial charge in [0.05, 0.1) is 5.69 Å². The van der Waals surface area contributed by atoms with Crippen LogP contribution in [0.4, 0.5) is 0 Å². The molecule has 2 aromatic rings. The van der Waals surface area contributed by atoms with Gasteiger partial charge in [-0.3, -0.25) is 4.98 Å². The van der Waals surface area contributed by atoms with Crippen molar-refractivity contribution in [2.75, 3.05) is 6.54 Å². The van der Waals surface area contributed by atoms with E-state index >= 15 is 0 Å². The molecule has 0 fully saturated rings. The maximum Gasteiger partial charge on any atom is 0.138 e. The molecule has 3 heteroatoms. The molecule has 0 aliphatic rings. The van der Waals surface area contributed by atoms with E-state index in [2.05, 4.69) is 11.1 Å². The Morgan fingerprint density at radius 3 is 2.83 bits per heavy atom. The van der Waals surface area contributed by atoms with Crippen molar-refractivity contribution < 1.29 is 4.74 Å². The van der Waals surface area contributed by atoms with E-state index in [1.54, 1.807) is 6.20 Å². The number of ether oxygens (including phenoxy) is 1. The molecule has 2 N–H and O–H groups in total. The van der Waals surface area contributed by atoms with Gasteiger partial charge in [0.25, 0.3) is 0 Å². The molecule has 2 rings (SSSR count). The fraction of sp³-hybridized carbons (Fsp3) is 0.267. The minimum absolute atomic E-state index is 0.0562. The van der Waals surface area contributed by atoms with Gasteiger partial charge < -0.3 is 10.5 Å². The molecular weight excluding hydrogens is 224 g/mol. The van der Waals surface area contributed by atoms with Crippen molar-refractivity contribution in [1.82, 2.24) is 4.98 Å². The van der Waals surface area contributed by atoms with Crippen LogP contribution in [0.3, 0.4) is 0 Å². The zero-order valence-electron chi connectivity index (χ0n) is 10.5. The molecule has 0 saturated carbocycles. The molecule has 1 atom stereocenters. The third kappa shape index (κ3) is 3.31. The zero-order valence-corrected chi connectivity index (χ0v) is 10.5. The molecular formula is C15H18N2O. The first-order valence-electron chi connectivity index (χ1n) is 6.16. The van der Waals surface area contributed by atoms with Gasteiger partial charge in [0.1, 0.15) is 11.9 Å². The second-order valence-electron chi connectivity index (χ2n) is 4.20. The number of hydrogen-bond donors (Lipinski definition) is 1. The summed E-state index contributed by atoms with van der Waals surface area (Å²) in [6, 6.07) is 13.9. The Bertz CT molecular complexity index is 485. The van der Waals surface area contributed by atoms with Crippen molar-refractivity contribution in [3.63, 3.8) is 0 Å². The number of nitrogens with zero attached hydrogens (tertiary/aromatic N) is 1. The molecule has 0 bridgehead atoms. The zero-order chi connectivity index (χ0) is 12.8.